The minimum absolute atomic E-state index is 0.301. The summed E-state index contributed by atoms with van der Waals surface area (Å²) in [4.78, 5) is 26.3. The number of ether oxygens (including phenoxy) is 3. The first-order valence-electron chi connectivity index (χ1n) is 11.7. The topological polar surface area (TPSA) is 73.9 Å². The van der Waals surface area contributed by atoms with E-state index in [1.165, 1.54) is 24.5 Å². The lowest BCUT2D eigenvalue weighted by Gasteiger charge is -2.11. The van der Waals surface area contributed by atoms with Gasteiger partial charge in [0.15, 0.2) is 11.5 Å². The van der Waals surface area contributed by atoms with Crippen molar-refractivity contribution in [1.29, 1.82) is 0 Å². The second-order valence-corrected chi connectivity index (χ2v) is 9.69. The van der Waals surface area contributed by atoms with Gasteiger partial charge in [0.25, 0.3) is 0 Å². The third-order valence-corrected chi connectivity index (χ3v) is 6.70. The van der Waals surface area contributed by atoms with Gasteiger partial charge in [-0.3, -0.25) is 4.79 Å². The van der Waals surface area contributed by atoms with Gasteiger partial charge in [-0.15, -0.1) is 11.3 Å². The fraction of sp³-hybridized carbons (Fsp3) is 0.286. The van der Waals surface area contributed by atoms with Gasteiger partial charge in [-0.05, 0) is 54.8 Å². The smallest absolute Gasteiger partial charge is 0.341 e. The molecule has 1 amide bonds. The number of rotatable bonds is 11. The molecule has 0 radical (unpaired) electrons. The number of unbranched alkanes of at least 4 members (excludes halogenated alkanes) is 2. The maximum atomic E-state index is 12.8. The van der Waals surface area contributed by atoms with Crippen molar-refractivity contribution in [2.24, 2.45) is 0 Å². The van der Waals surface area contributed by atoms with E-state index in [4.69, 9.17) is 25.8 Å². The molecule has 0 fully saturated rings. The molecule has 6 nitrogen and oxygen atoms in total. The maximum absolute atomic E-state index is 12.8. The molecular weight excluding hydrogens is 498 g/mol. The average molecular weight is 528 g/mol. The SMILES string of the molecule is CCCCCOc1ccc(/C=C/C(=O)Nc2sc(C)c(-c3cccc(Cl)c3)c2C(=O)OC)cc1OC. The molecule has 0 saturated carbocycles. The third-order valence-electron chi connectivity index (χ3n) is 5.44. The van der Waals surface area contributed by atoms with E-state index >= 15 is 0 Å². The molecule has 0 unspecified atom stereocenters. The molecule has 1 heterocycles. The molecule has 0 atom stereocenters. The predicted octanol–water partition coefficient (Wildman–Crippen LogP) is 7.39. The zero-order valence-corrected chi connectivity index (χ0v) is 22.4. The zero-order chi connectivity index (χ0) is 26.1. The zero-order valence-electron chi connectivity index (χ0n) is 20.9. The normalized spacial score (nSPS) is 10.9. The van der Waals surface area contributed by atoms with Crippen LogP contribution in [0.2, 0.25) is 5.02 Å². The lowest BCUT2D eigenvalue weighted by atomic mass is 10.0. The summed E-state index contributed by atoms with van der Waals surface area (Å²) in [5, 5.41) is 3.79. The number of halogens is 1. The van der Waals surface area contributed by atoms with Gasteiger partial charge in [-0.25, -0.2) is 4.79 Å². The van der Waals surface area contributed by atoms with Crippen LogP contribution < -0.4 is 14.8 Å². The van der Waals surface area contributed by atoms with Crippen molar-refractivity contribution in [2.75, 3.05) is 26.1 Å². The fourth-order valence-corrected chi connectivity index (χ4v) is 4.95. The van der Waals surface area contributed by atoms with Gasteiger partial charge < -0.3 is 19.5 Å². The summed E-state index contributed by atoms with van der Waals surface area (Å²) in [6.45, 7) is 4.66. The molecular formula is C28H30ClNO5S. The van der Waals surface area contributed by atoms with E-state index < -0.39 is 5.97 Å². The minimum Gasteiger partial charge on any atom is -0.493 e. The number of carbonyl (C=O) groups excluding carboxylic acids is 2. The Bertz CT molecular complexity index is 1250. The summed E-state index contributed by atoms with van der Waals surface area (Å²) < 4.78 is 16.3. The van der Waals surface area contributed by atoms with Crippen molar-refractivity contribution < 1.29 is 23.8 Å². The first-order valence-corrected chi connectivity index (χ1v) is 12.8. The first-order chi connectivity index (χ1) is 17.4. The van der Waals surface area contributed by atoms with Gasteiger partial charge in [-0.2, -0.15) is 0 Å². The molecule has 190 valence electrons. The highest BCUT2D eigenvalue weighted by molar-refractivity contribution is 7.17. The van der Waals surface area contributed by atoms with Gasteiger partial charge in [-0.1, -0.05) is 49.6 Å². The van der Waals surface area contributed by atoms with Crippen LogP contribution in [0.3, 0.4) is 0 Å². The van der Waals surface area contributed by atoms with Crippen LogP contribution in [0, 0.1) is 6.92 Å². The van der Waals surface area contributed by atoms with E-state index in [9.17, 15) is 9.59 Å². The maximum Gasteiger partial charge on any atom is 0.341 e. The Morgan fingerprint density at radius 3 is 2.58 bits per heavy atom. The Kier molecular flexibility index (Phi) is 9.96. The number of hydrogen-bond acceptors (Lipinski definition) is 6. The highest BCUT2D eigenvalue weighted by Gasteiger charge is 2.25. The van der Waals surface area contributed by atoms with Crippen molar-refractivity contribution in [3.63, 3.8) is 0 Å². The molecule has 36 heavy (non-hydrogen) atoms. The van der Waals surface area contributed by atoms with Crippen LogP contribution in [0.15, 0.2) is 48.5 Å². The summed E-state index contributed by atoms with van der Waals surface area (Å²) >= 11 is 7.47. The molecule has 0 spiro atoms. The van der Waals surface area contributed by atoms with E-state index in [0.29, 0.717) is 39.3 Å². The Morgan fingerprint density at radius 1 is 1.08 bits per heavy atom. The number of benzene rings is 2. The molecule has 0 saturated heterocycles. The Morgan fingerprint density at radius 2 is 1.89 bits per heavy atom. The lowest BCUT2D eigenvalue weighted by molar-refractivity contribution is -0.111. The standard InChI is InChI=1S/C28H30ClNO5S/c1-5-6-7-15-35-22-13-11-19(16-23(22)33-3)12-14-24(31)30-27-26(28(32)34-4)25(18(2)36-27)20-9-8-10-21(29)17-20/h8-14,16-17H,5-7,15H2,1-4H3,(H,30,31)/b14-12+. The Hall–Kier alpha value is -3.29. The number of thiophene rings is 1. The molecule has 2 aromatic carbocycles. The number of hydrogen-bond donors (Lipinski definition) is 1. The first kappa shape index (κ1) is 27.3. The number of carbonyl (C=O) groups is 2. The van der Waals surface area contributed by atoms with Crippen LogP contribution in [0.25, 0.3) is 17.2 Å². The van der Waals surface area contributed by atoms with E-state index in [-0.39, 0.29) is 5.91 Å². The average Bonchev–Trinajstić information content (AvgIpc) is 3.20. The van der Waals surface area contributed by atoms with Gasteiger partial charge >= 0.3 is 5.97 Å². The van der Waals surface area contributed by atoms with Crippen molar-refractivity contribution in [3.8, 4) is 22.6 Å². The molecule has 8 heteroatoms. The molecule has 3 rings (SSSR count). The molecule has 1 aromatic heterocycles. The molecule has 1 N–H and O–H groups in total. The molecule has 0 aliphatic carbocycles. The number of anilines is 1. The van der Waals surface area contributed by atoms with E-state index in [2.05, 4.69) is 12.2 Å². The summed E-state index contributed by atoms with van der Waals surface area (Å²) in [6.07, 6.45) is 6.30. The van der Waals surface area contributed by atoms with Gasteiger partial charge in [0.2, 0.25) is 5.91 Å². The predicted molar refractivity (Wildman–Crippen MR) is 147 cm³/mol. The second kappa shape index (κ2) is 13.1. The highest BCUT2D eigenvalue weighted by Crippen LogP contribution is 2.41. The second-order valence-electron chi connectivity index (χ2n) is 8.03. The van der Waals surface area contributed by atoms with Crippen LogP contribution in [0.1, 0.15) is 47.0 Å². The van der Waals surface area contributed by atoms with E-state index in [1.54, 1.807) is 25.3 Å². The van der Waals surface area contributed by atoms with Crippen LogP contribution in [0.5, 0.6) is 11.5 Å². The summed E-state index contributed by atoms with van der Waals surface area (Å²) in [5.41, 5.74) is 2.54. The van der Waals surface area contributed by atoms with Crippen LogP contribution in [0.4, 0.5) is 5.00 Å². The number of methoxy groups -OCH3 is 2. The number of nitrogens with one attached hydrogen (secondary N) is 1. The monoisotopic (exact) mass is 527 g/mol. The van der Waals surface area contributed by atoms with Gasteiger partial charge in [0, 0.05) is 21.5 Å². The third kappa shape index (κ3) is 6.89. The van der Waals surface area contributed by atoms with Gasteiger partial charge in [0.1, 0.15) is 10.6 Å². The number of esters is 1. The van der Waals surface area contributed by atoms with Crippen LogP contribution in [-0.4, -0.2) is 32.7 Å². The summed E-state index contributed by atoms with van der Waals surface area (Å²) in [5.74, 6) is 0.355. The minimum atomic E-state index is -0.534. The highest BCUT2D eigenvalue weighted by atomic mass is 35.5. The molecule has 3 aromatic rings. The number of aryl methyl sites for hydroxylation is 1. The van der Waals surface area contributed by atoms with Crippen molar-refractivity contribution in [2.45, 2.75) is 33.1 Å². The van der Waals surface area contributed by atoms with Gasteiger partial charge in [0.05, 0.1) is 20.8 Å². The molecule has 0 bridgehead atoms. The Balaban J connectivity index is 1.79. The van der Waals surface area contributed by atoms with Crippen LogP contribution >= 0.6 is 22.9 Å². The van der Waals surface area contributed by atoms with Crippen molar-refractivity contribution in [3.05, 3.63) is 69.6 Å². The lowest BCUT2D eigenvalue weighted by Crippen LogP contribution is -2.11. The fourth-order valence-electron chi connectivity index (χ4n) is 3.69. The molecule has 0 aliphatic rings. The van der Waals surface area contributed by atoms with E-state index in [0.717, 1.165) is 35.3 Å². The molecule has 0 aliphatic heterocycles. The number of amides is 1. The van der Waals surface area contributed by atoms with Crippen molar-refractivity contribution in [1.82, 2.24) is 0 Å². The summed E-state index contributed by atoms with van der Waals surface area (Å²) in [7, 11) is 2.90. The Labute approximate surface area is 220 Å². The largest absolute Gasteiger partial charge is 0.493 e. The quantitative estimate of drug-likeness (QED) is 0.160. The van der Waals surface area contributed by atoms with Crippen LogP contribution in [-0.2, 0) is 9.53 Å². The van der Waals surface area contributed by atoms with Crippen molar-refractivity contribution >= 4 is 45.9 Å². The summed E-state index contributed by atoms with van der Waals surface area (Å²) in [6, 6.07) is 12.7. The van der Waals surface area contributed by atoms with E-state index in [1.807, 2.05) is 37.3 Å².